The summed E-state index contributed by atoms with van der Waals surface area (Å²) in [7, 11) is 0. The minimum absolute atomic E-state index is 0.0281. The molecule has 0 saturated heterocycles. The molecule has 604 valence electrons. The Balaban J connectivity index is 0.000000176. The molecule has 14 rings (SSSR count). The fourth-order valence-corrected chi connectivity index (χ4v) is 17.5. The van der Waals surface area contributed by atoms with Crippen molar-refractivity contribution in [1.29, 1.82) is 0 Å². The molecule has 0 saturated carbocycles. The van der Waals surface area contributed by atoms with Gasteiger partial charge in [0.25, 0.3) is 0 Å². The SMILES string of the molecule is CC(C)(C)c1ccc(N(c2ccc(C(C)(C)C)cc2)c2cc(Cl)cc(Br)c2)cc1.Cc1cc2c(cc1N(c1cc(Cl)cc(N(c3ccc(C(C)(C)C)cc3)c3ccc(C(C)(C)C)cc3)c1)c1coc3ccc(C(C)(C)C)cc13)C(C)(C)CCC2(C)C.Cc1cc2c(cc1Nc1coc3ccc(C(C)(C)C)cc13)C(C)(C)CCC2(C)C. The third-order valence-corrected chi connectivity index (χ3v) is 25.3. The monoisotopic (exact) mass is 1640 g/mol. The molecular weight excluding hydrogens is 1510 g/mol. The summed E-state index contributed by atoms with van der Waals surface area (Å²) < 4.78 is 13.2. The van der Waals surface area contributed by atoms with Crippen LogP contribution >= 0.6 is 39.1 Å². The zero-order valence-electron chi connectivity index (χ0n) is 74.3. The van der Waals surface area contributed by atoms with Gasteiger partial charge >= 0.3 is 0 Å². The molecule has 9 heteroatoms. The van der Waals surface area contributed by atoms with Crippen LogP contribution in [-0.2, 0) is 54.1 Å². The van der Waals surface area contributed by atoms with Crippen LogP contribution in [0.3, 0.4) is 0 Å². The number of hydrogen-bond donors (Lipinski definition) is 1. The predicted molar refractivity (Wildman–Crippen MR) is 503 cm³/mol. The number of anilines is 11. The summed E-state index contributed by atoms with van der Waals surface area (Å²) in [6.45, 7) is 64.1. The van der Waals surface area contributed by atoms with Crippen molar-refractivity contribution >= 4 is 124 Å². The van der Waals surface area contributed by atoms with Crippen LogP contribution in [-0.4, -0.2) is 0 Å². The minimum atomic E-state index is -0.0281. The van der Waals surface area contributed by atoms with E-state index in [1.54, 1.807) is 0 Å². The van der Waals surface area contributed by atoms with E-state index < -0.39 is 0 Å². The molecular formula is C106H127BrCl2N4O2. The van der Waals surface area contributed by atoms with Gasteiger partial charge in [0, 0.05) is 76.5 Å². The molecule has 6 nitrogen and oxygen atoms in total. The number of fused-ring (bicyclic) bond motifs is 4. The molecule has 0 fully saturated rings. The van der Waals surface area contributed by atoms with Gasteiger partial charge in [-0.05, 0) is 282 Å². The molecule has 12 aromatic rings. The molecule has 0 amide bonds. The van der Waals surface area contributed by atoms with Crippen LogP contribution in [0, 0.1) is 13.8 Å². The van der Waals surface area contributed by atoms with Crippen molar-refractivity contribution in [3.05, 3.63) is 288 Å². The summed E-state index contributed by atoms with van der Waals surface area (Å²) in [4.78, 5) is 6.98. The van der Waals surface area contributed by atoms with Gasteiger partial charge in [0.2, 0.25) is 0 Å². The van der Waals surface area contributed by atoms with Crippen molar-refractivity contribution in [3.63, 3.8) is 0 Å². The lowest BCUT2D eigenvalue weighted by Gasteiger charge is -2.43. The maximum Gasteiger partial charge on any atom is 0.136 e. The molecule has 2 aromatic heterocycles. The van der Waals surface area contributed by atoms with Crippen LogP contribution in [0.2, 0.25) is 10.0 Å². The maximum absolute atomic E-state index is 7.30. The summed E-state index contributed by atoms with van der Waals surface area (Å²) in [5.74, 6) is 0. The highest BCUT2D eigenvalue weighted by Crippen LogP contribution is 2.54. The lowest BCUT2D eigenvalue weighted by molar-refractivity contribution is 0.332. The van der Waals surface area contributed by atoms with E-state index in [9.17, 15) is 0 Å². The van der Waals surface area contributed by atoms with E-state index in [1.165, 1.54) is 91.7 Å². The summed E-state index contributed by atoms with van der Waals surface area (Å²) in [5, 5.41) is 7.29. The first-order valence-electron chi connectivity index (χ1n) is 41.5. The van der Waals surface area contributed by atoms with Crippen LogP contribution in [0.15, 0.2) is 220 Å². The lowest BCUT2D eigenvalue weighted by Crippen LogP contribution is -2.34. The van der Waals surface area contributed by atoms with Crippen LogP contribution < -0.4 is 20.0 Å². The maximum atomic E-state index is 7.30. The minimum Gasteiger partial charge on any atom is -0.462 e. The van der Waals surface area contributed by atoms with Crippen LogP contribution in [0.4, 0.5) is 62.6 Å². The highest BCUT2D eigenvalue weighted by molar-refractivity contribution is 9.10. The molecule has 1 N–H and O–H groups in total. The number of nitrogens with zero attached hydrogens (tertiary/aromatic N) is 3. The Morgan fingerprint density at radius 3 is 1.00 bits per heavy atom. The smallest absolute Gasteiger partial charge is 0.136 e. The number of furan rings is 2. The van der Waals surface area contributed by atoms with Crippen LogP contribution in [0.1, 0.15) is 272 Å². The van der Waals surface area contributed by atoms with E-state index in [-0.39, 0.29) is 54.1 Å². The van der Waals surface area contributed by atoms with Gasteiger partial charge in [-0.15, -0.1) is 0 Å². The second-order valence-corrected chi connectivity index (χ2v) is 43.5. The lowest BCUT2D eigenvalue weighted by atomic mass is 9.63. The second kappa shape index (κ2) is 31.4. The quantitative estimate of drug-likeness (QED) is 0.139. The van der Waals surface area contributed by atoms with Crippen molar-refractivity contribution in [3.8, 4) is 0 Å². The molecule has 0 aliphatic heterocycles. The average Bonchev–Trinajstić information content (AvgIpc) is 1.60. The molecule has 10 aromatic carbocycles. The molecule has 0 spiro atoms. The number of halogens is 3. The first-order valence-corrected chi connectivity index (χ1v) is 43.0. The molecule has 0 unspecified atom stereocenters. The summed E-state index contributed by atoms with van der Waals surface area (Å²) in [5.41, 5.74) is 30.6. The Morgan fingerprint density at radius 2 is 0.617 bits per heavy atom. The van der Waals surface area contributed by atoms with Crippen LogP contribution in [0.25, 0.3) is 21.9 Å². The molecule has 115 heavy (non-hydrogen) atoms. The Bertz CT molecular complexity index is 5380. The Labute approximate surface area is 709 Å². The van der Waals surface area contributed by atoms with Gasteiger partial charge < -0.3 is 28.9 Å². The Hall–Kier alpha value is -8.46. The normalized spacial score (nSPS) is 15.2. The van der Waals surface area contributed by atoms with E-state index in [2.05, 4.69) is 412 Å². The highest BCUT2D eigenvalue weighted by atomic mass is 79.9. The van der Waals surface area contributed by atoms with Gasteiger partial charge in [-0.2, -0.15) is 0 Å². The van der Waals surface area contributed by atoms with Crippen molar-refractivity contribution < 1.29 is 8.83 Å². The zero-order chi connectivity index (χ0) is 84.0. The summed E-state index contributed by atoms with van der Waals surface area (Å²) in [6, 6.07) is 71.0. The van der Waals surface area contributed by atoms with Gasteiger partial charge in [-0.1, -0.05) is 292 Å². The van der Waals surface area contributed by atoms with E-state index in [0.717, 1.165) is 89.7 Å². The van der Waals surface area contributed by atoms with Gasteiger partial charge in [0.15, 0.2) is 0 Å². The first-order chi connectivity index (χ1) is 53.3. The topological polar surface area (TPSA) is 48.0 Å². The molecule has 2 aliphatic rings. The van der Waals surface area contributed by atoms with Crippen molar-refractivity contribution in [2.45, 2.75) is 274 Å². The van der Waals surface area contributed by atoms with Crippen molar-refractivity contribution in [2.75, 3.05) is 20.0 Å². The molecule has 2 aliphatic carbocycles. The van der Waals surface area contributed by atoms with Gasteiger partial charge in [-0.3, -0.25) is 0 Å². The number of aryl methyl sites for hydroxylation is 2. The van der Waals surface area contributed by atoms with E-state index in [4.69, 9.17) is 32.0 Å². The molecule has 2 heterocycles. The Kier molecular flexibility index (Phi) is 23.5. The second-order valence-electron chi connectivity index (χ2n) is 41.7. The van der Waals surface area contributed by atoms with E-state index >= 15 is 0 Å². The summed E-state index contributed by atoms with van der Waals surface area (Å²) >= 11 is 17.3. The first kappa shape index (κ1) is 85.9. The molecule has 0 bridgehead atoms. The third-order valence-electron chi connectivity index (χ3n) is 24.4. The fourth-order valence-electron chi connectivity index (χ4n) is 16.4. The molecule has 0 radical (unpaired) electrons. The van der Waals surface area contributed by atoms with Crippen molar-refractivity contribution in [1.82, 2.24) is 0 Å². The summed E-state index contributed by atoms with van der Waals surface area (Å²) in [6.07, 6.45) is 8.54. The highest BCUT2D eigenvalue weighted by Gasteiger charge is 2.40. The predicted octanol–water partition coefficient (Wildman–Crippen LogP) is 33.9. The van der Waals surface area contributed by atoms with E-state index in [0.29, 0.717) is 10.0 Å². The van der Waals surface area contributed by atoms with Crippen molar-refractivity contribution in [2.24, 2.45) is 0 Å². The molecule has 0 atom stereocenters. The van der Waals surface area contributed by atoms with Gasteiger partial charge in [0.1, 0.15) is 23.7 Å². The fraction of sp³-hybridized carbons (Fsp3) is 0.396. The number of nitrogens with one attached hydrogen (secondary N) is 1. The van der Waals surface area contributed by atoms with Gasteiger partial charge in [-0.25, -0.2) is 0 Å². The largest absolute Gasteiger partial charge is 0.462 e. The number of hydrogen-bond acceptors (Lipinski definition) is 6. The zero-order valence-corrected chi connectivity index (χ0v) is 77.3. The third kappa shape index (κ3) is 18.8. The van der Waals surface area contributed by atoms with E-state index in [1.807, 2.05) is 24.7 Å². The average molecular weight is 1640 g/mol. The van der Waals surface area contributed by atoms with Gasteiger partial charge in [0.05, 0.1) is 11.4 Å². The standard InChI is InChI=1S/C53H63ClN2O.C27H35NO.C26H29BrClN/c1-34-27-44-45(53(13,14)26-25-52(44,11)12)32-46(34)56(47-33-57-48-24-19-37(28-43(47)48)51(8,9)10)42-30-38(54)29-41(31-42)55(39-20-15-35(16-21-39)49(2,3)4)40-22-17-36(18-23-40)50(5,6)7;1-17-13-20-21(27(7,8)12-11-26(20,5)6)15-22(17)28-23-16-29-24-10-9-18(14-19(23)24)25(2,3)4;1-25(2,3)18-7-11-22(12-8-18)29(24-16-20(27)15-21(28)17-24)23-13-9-19(10-14-23)26(4,5)6/h15-24,27-33H,25-26H2,1-14H3;9-10,13-16,28H,11-12H2,1-8H3;7-17H,1-6H3. The number of rotatable bonds is 11. The van der Waals surface area contributed by atoms with Crippen LogP contribution in [0.5, 0.6) is 0 Å². The Morgan fingerprint density at radius 1 is 0.304 bits per heavy atom. The number of benzene rings is 10.